The van der Waals surface area contributed by atoms with Crippen molar-refractivity contribution < 1.29 is 23.8 Å². The molecule has 0 saturated carbocycles. The molecule has 0 radical (unpaired) electrons. The molecule has 0 bridgehead atoms. The van der Waals surface area contributed by atoms with Crippen molar-refractivity contribution in [3.8, 4) is 11.5 Å². The molecule has 10 nitrogen and oxygen atoms in total. The highest BCUT2D eigenvalue weighted by molar-refractivity contribution is 6.50. The molecule has 0 aromatic heterocycles. The molecule has 0 atom stereocenters. The number of hydrazone groups is 1. The van der Waals surface area contributed by atoms with Gasteiger partial charge in [0.2, 0.25) is 0 Å². The number of benzene rings is 3. The molecule has 1 aliphatic rings. The van der Waals surface area contributed by atoms with E-state index in [1.54, 1.807) is 12.1 Å². The molecule has 4 rings (SSSR count). The van der Waals surface area contributed by atoms with Gasteiger partial charge in [-0.25, -0.2) is 0 Å². The minimum absolute atomic E-state index is 0.0360. The Kier molecular flexibility index (Phi) is 10.0. The van der Waals surface area contributed by atoms with E-state index in [1.807, 2.05) is 64.1 Å². The maximum Gasteiger partial charge on any atom is 0.276 e. The van der Waals surface area contributed by atoms with Crippen LogP contribution in [0, 0.1) is 0 Å². The van der Waals surface area contributed by atoms with Crippen LogP contribution in [0.4, 0.5) is 5.69 Å². The molecule has 1 fully saturated rings. The summed E-state index contributed by atoms with van der Waals surface area (Å²) in [5.74, 6) is 5.97. The molecule has 1 aliphatic heterocycles. The number of anilines is 1. The van der Waals surface area contributed by atoms with E-state index in [4.69, 9.17) is 20.1 Å². The van der Waals surface area contributed by atoms with Crippen LogP contribution in [-0.4, -0.2) is 75.5 Å². The summed E-state index contributed by atoms with van der Waals surface area (Å²) in [6, 6.07) is 14.9. The number of nitrogens with two attached hydrogens (primary N) is 1. The molecule has 3 aromatic carbocycles. The van der Waals surface area contributed by atoms with E-state index < -0.39 is 5.91 Å². The lowest BCUT2D eigenvalue weighted by atomic mass is 9.85. The summed E-state index contributed by atoms with van der Waals surface area (Å²) >= 11 is 0. The first-order valence-corrected chi connectivity index (χ1v) is 14.2. The highest BCUT2D eigenvalue weighted by atomic mass is 16.5. The van der Waals surface area contributed by atoms with Crippen LogP contribution in [0.15, 0.2) is 53.6 Å². The molecule has 2 amide bonds. The SMILES string of the molecule is CCNC(=O)c1cc(C(C)(C)C)cc(NC(=O)C(=NN)c2ccc(OCCN3CCOCC3)c3ccccc23)c1OC. The van der Waals surface area contributed by atoms with Gasteiger partial charge in [0.15, 0.2) is 11.5 Å². The van der Waals surface area contributed by atoms with Gasteiger partial charge in [0.25, 0.3) is 11.8 Å². The largest absolute Gasteiger partial charge is 0.494 e. The maximum absolute atomic E-state index is 13.7. The summed E-state index contributed by atoms with van der Waals surface area (Å²) in [6.45, 7) is 13.0. The number of nitrogens with zero attached hydrogens (tertiary/aromatic N) is 2. The van der Waals surface area contributed by atoms with Gasteiger partial charge in [-0.3, -0.25) is 14.5 Å². The van der Waals surface area contributed by atoms with Crippen LogP contribution in [0.1, 0.15) is 49.2 Å². The van der Waals surface area contributed by atoms with Crippen LogP contribution >= 0.6 is 0 Å². The molecule has 3 aromatic rings. The lowest BCUT2D eigenvalue weighted by Crippen LogP contribution is -2.38. The molecule has 224 valence electrons. The molecule has 0 aliphatic carbocycles. The Labute approximate surface area is 247 Å². The van der Waals surface area contributed by atoms with Gasteiger partial charge in [0, 0.05) is 37.1 Å². The van der Waals surface area contributed by atoms with Gasteiger partial charge < -0.3 is 30.7 Å². The van der Waals surface area contributed by atoms with Crippen molar-refractivity contribution in [2.75, 3.05) is 58.4 Å². The molecular weight excluding hydrogens is 534 g/mol. The number of methoxy groups -OCH3 is 1. The number of hydrogen-bond donors (Lipinski definition) is 3. The predicted molar refractivity (Wildman–Crippen MR) is 166 cm³/mol. The van der Waals surface area contributed by atoms with Gasteiger partial charge in [-0.15, -0.1) is 0 Å². The zero-order chi connectivity index (χ0) is 30.3. The Morgan fingerprint density at radius 2 is 1.76 bits per heavy atom. The lowest BCUT2D eigenvalue weighted by molar-refractivity contribution is -0.110. The number of morpholine rings is 1. The highest BCUT2D eigenvalue weighted by Crippen LogP contribution is 2.36. The smallest absolute Gasteiger partial charge is 0.276 e. The van der Waals surface area contributed by atoms with Crippen LogP contribution in [0.5, 0.6) is 11.5 Å². The van der Waals surface area contributed by atoms with Crippen molar-refractivity contribution in [2.24, 2.45) is 10.9 Å². The Hall–Kier alpha value is -4.15. The van der Waals surface area contributed by atoms with Gasteiger partial charge in [-0.2, -0.15) is 5.10 Å². The molecule has 0 spiro atoms. The van der Waals surface area contributed by atoms with E-state index >= 15 is 0 Å². The highest BCUT2D eigenvalue weighted by Gasteiger charge is 2.26. The van der Waals surface area contributed by atoms with Gasteiger partial charge >= 0.3 is 0 Å². The first-order valence-electron chi connectivity index (χ1n) is 14.2. The fourth-order valence-electron chi connectivity index (χ4n) is 4.94. The minimum atomic E-state index is -0.533. The van der Waals surface area contributed by atoms with E-state index in [2.05, 4.69) is 20.6 Å². The molecule has 1 saturated heterocycles. The van der Waals surface area contributed by atoms with Gasteiger partial charge in [0.05, 0.1) is 31.6 Å². The van der Waals surface area contributed by atoms with Gasteiger partial charge in [-0.05, 0) is 47.6 Å². The van der Waals surface area contributed by atoms with E-state index in [0.717, 1.165) is 49.2 Å². The van der Waals surface area contributed by atoms with E-state index in [-0.39, 0.29) is 22.8 Å². The molecule has 1 heterocycles. The van der Waals surface area contributed by atoms with Crippen LogP contribution in [0.25, 0.3) is 10.8 Å². The Morgan fingerprint density at radius 1 is 1.05 bits per heavy atom. The monoisotopic (exact) mass is 575 g/mol. The fourth-order valence-corrected chi connectivity index (χ4v) is 4.94. The second-order valence-corrected chi connectivity index (χ2v) is 11.1. The summed E-state index contributed by atoms with van der Waals surface area (Å²) in [5.41, 5.74) is 1.83. The molecule has 4 N–H and O–H groups in total. The summed E-state index contributed by atoms with van der Waals surface area (Å²) in [6.07, 6.45) is 0. The Morgan fingerprint density at radius 3 is 2.40 bits per heavy atom. The average molecular weight is 576 g/mol. The number of carbonyl (C=O) groups is 2. The third-order valence-electron chi connectivity index (χ3n) is 7.24. The number of carbonyl (C=O) groups excluding carboxylic acids is 2. The van der Waals surface area contributed by atoms with Crippen molar-refractivity contribution in [1.29, 1.82) is 0 Å². The van der Waals surface area contributed by atoms with Crippen LogP contribution < -0.4 is 25.9 Å². The average Bonchev–Trinajstić information content (AvgIpc) is 2.98. The number of hydrogen-bond acceptors (Lipinski definition) is 8. The zero-order valence-corrected chi connectivity index (χ0v) is 25.1. The number of ether oxygens (including phenoxy) is 3. The second-order valence-electron chi connectivity index (χ2n) is 11.1. The van der Waals surface area contributed by atoms with Crippen molar-refractivity contribution in [1.82, 2.24) is 10.2 Å². The summed E-state index contributed by atoms with van der Waals surface area (Å²) in [5, 5.41) is 11.2. The number of amides is 2. The van der Waals surface area contributed by atoms with Crippen LogP contribution in [0.2, 0.25) is 0 Å². The van der Waals surface area contributed by atoms with E-state index in [1.165, 1.54) is 7.11 Å². The minimum Gasteiger partial charge on any atom is -0.494 e. The summed E-state index contributed by atoms with van der Waals surface area (Å²) in [4.78, 5) is 29.0. The summed E-state index contributed by atoms with van der Waals surface area (Å²) < 4.78 is 17.2. The Balaban J connectivity index is 1.64. The van der Waals surface area contributed by atoms with E-state index in [0.29, 0.717) is 35.7 Å². The maximum atomic E-state index is 13.7. The van der Waals surface area contributed by atoms with Crippen molar-refractivity contribution >= 4 is 34.0 Å². The predicted octanol–water partition coefficient (Wildman–Crippen LogP) is 3.91. The molecule has 42 heavy (non-hydrogen) atoms. The van der Waals surface area contributed by atoms with Gasteiger partial charge in [-0.1, -0.05) is 45.0 Å². The van der Waals surface area contributed by atoms with Crippen molar-refractivity contribution in [3.05, 3.63) is 65.2 Å². The standard InChI is InChI=1S/C32H41N5O5/c1-6-34-30(38)25-19-21(32(2,3)4)20-26(29(25)40-5)35-31(39)28(36-33)24-11-12-27(23-10-8-7-9-22(23)24)42-18-15-37-13-16-41-17-14-37/h7-12,19-20H,6,13-18,33H2,1-5H3,(H,34,38)(H,35,39). The molecular formula is C32H41N5O5. The second kappa shape index (κ2) is 13.7. The van der Waals surface area contributed by atoms with Crippen LogP contribution in [-0.2, 0) is 14.9 Å². The third kappa shape index (κ3) is 7.00. The lowest BCUT2D eigenvalue weighted by Gasteiger charge is -2.26. The van der Waals surface area contributed by atoms with Gasteiger partial charge in [0.1, 0.15) is 12.4 Å². The van der Waals surface area contributed by atoms with Crippen molar-refractivity contribution in [3.63, 3.8) is 0 Å². The Bertz CT molecular complexity index is 1460. The number of rotatable bonds is 10. The fraction of sp³-hybridized carbons (Fsp3) is 0.406. The topological polar surface area (TPSA) is 128 Å². The third-order valence-corrected chi connectivity index (χ3v) is 7.24. The first-order chi connectivity index (χ1) is 20.2. The zero-order valence-electron chi connectivity index (χ0n) is 25.1. The van der Waals surface area contributed by atoms with Crippen LogP contribution in [0.3, 0.4) is 0 Å². The normalized spacial score (nSPS) is 14.5. The first kappa shape index (κ1) is 30.8. The number of fused-ring (bicyclic) bond motifs is 1. The number of nitrogens with one attached hydrogen (secondary N) is 2. The summed E-state index contributed by atoms with van der Waals surface area (Å²) in [7, 11) is 1.47. The van der Waals surface area contributed by atoms with Crippen molar-refractivity contribution in [2.45, 2.75) is 33.1 Å². The quantitative estimate of drug-likeness (QED) is 0.190. The molecule has 10 heteroatoms. The molecule has 0 unspecified atom stereocenters. The van der Waals surface area contributed by atoms with E-state index in [9.17, 15) is 9.59 Å².